The van der Waals surface area contributed by atoms with Crippen molar-refractivity contribution in [2.24, 2.45) is 0 Å². The average Bonchev–Trinajstić information content (AvgIpc) is 2.98. The number of rotatable bonds is 7. The summed E-state index contributed by atoms with van der Waals surface area (Å²) in [6.07, 6.45) is 3.62. The Balaban J connectivity index is 2.48. The van der Waals surface area contributed by atoms with E-state index in [0.29, 0.717) is 11.8 Å². The second-order valence-electron chi connectivity index (χ2n) is 5.54. The monoisotopic (exact) mass is 340 g/mol. The standard InChI is InChI=1S/C16H22Cl2N4/c1-12(2)22-14(6-9-20-22)16-13(5-4-8-19-16)15(11-18)21(3)10-7-17/h4-6,8-9,12,15H,7,10-11H2,1-3H3. The number of alkyl halides is 2. The van der Waals surface area contributed by atoms with E-state index in [1.165, 1.54) is 0 Å². The molecule has 4 nitrogen and oxygen atoms in total. The van der Waals surface area contributed by atoms with Gasteiger partial charge in [-0.2, -0.15) is 5.10 Å². The predicted molar refractivity (Wildman–Crippen MR) is 92.7 cm³/mol. The van der Waals surface area contributed by atoms with Gasteiger partial charge in [-0.05, 0) is 38.6 Å². The first-order chi connectivity index (χ1) is 10.6. The summed E-state index contributed by atoms with van der Waals surface area (Å²) in [5, 5.41) is 4.41. The summed E-state index contributed by atoms with van der Waals surface area (Å²) in [5.74, 6) is 1.06. The molecule has 0 bridgehead atoms. The molecule has 0 saturated carbocycles. The largest absolute Gasteiger partial charge is 0.297 e. The minimum absolute atomic E-state index is 0.0691. The third-order valence-electron chi connectivity index (χ3n) is 3.72. The van der Waals surface area contributed by atoms with Gasteiger partial charge in [0.15, 0.2) is 0 Å². The topological polar surface area (TPSA) is 34.0 Å². The molecule has 2 heterocycles. The number of hydrogen-bond donors (Lipinski definition) is 0. The van der Waals surface area contributed by atoms with Crippen molar-refractivity contribution >= 4 is 23.2 Å². The number of aromatic nitrogens is 3. The minimum Gasteiger partial charge on any atom is -0.297 e. The number of nitrogens with zero attached hydrogens (tertiary/aromatic N) is 4. The molecule has 2 aromatic heterocycles. The van der Waals surface area contributed by atoms with Crippen LogP contribution in [0.3, 0.4) is 0 Å². The Morgan fingerprint density at radius 3 is 2.64 bits per heavy atom. The van der Waals surface area contributed by atoms with Gasteiger partial charge >= 0.3 is 0 Å². The zero-order valence-electron chi connectivity index (χ0n) is 13.2. The van der Waals surface area contributed by atoms with Crippen molar-refractivity contribution in [2.75, 3.05) is 25.4 Å². The lowest BCUT2D eigenvalue weighted by Crippen LogP contribution is -2.28. The predicted octanol–water partition coefficient (Wildman–Crippen LogP) is 3.98. The molecule has 1 unspecified atom stereocenters. The highest BCUT2D eigenvalue weighted by Gasteiger charge is 2.22. The van der Waals surface area contributed by atoms with Gasteiger partial charge < -0.3 is 0 Å². The molecule has 0 aromatic carbocycles. The van der Waals surface area contributed by atoms with Crippen LogP contribution >= 0.6 is 23.2 Å². The molecular weight excluding hydrogens is 319 g/mol. The fourth-order valence-corrected chi connectivity index (χ4v) is 3.21. The van der Waals surface area contributed by atoms with Crippen molar-refractivity contribution in [3.8, 4) is 11.4 Å². The van der Waals surface area contributed by atoms with E-state index < -0.39 is 0 Å². The van der Waals surface area contributed by atoms with Crippen LogP contribution < -0.4 is 0 Å². The lowest BCUT2D eigenvalue weighted by Gasteiger charge is -2.27. The highest BCUT2D eigenvalue weighted by Crippen LogP contribution is 2.30. The van der Waals surface area contributed by atoms with Crippen LogP contribution in [0.5, 0.6) is 0 Å². The summed E-state index contributed by atoms with van der Waals surface area (Å²) in [6.45, 7) is 4.99. The molecule has 22 heavy (non-hydrogen) atoms. The molecule has 0 aliphatic carbocycles. The summed E-state index contributed by atoms with van der Waals surface area (Å²) < 4.78 is 1.98. The molecule has 0 amide bonds. The molecule has 0 aliphatic rings. The molecule has 2 rings (SSSR count). The quantitative estimate of drug-likeness (QED) is 0.715. The highest BCUT2D eigenvalue weighted by molar-refractivity contribution is 6.18. The number of hydrogen-bond acceptors (Lipinski definition) is 3. The summed E-state index contributed by atoms with van der Waals surface area (Å²) in [7, 11) is 2.03. The first kappa shape index (κ1) is 17.3. The van der Waals surface area contributed by atoms with Gasteiger partial charge in [-0.3, -0.25) is 14.6 Å². The van der Waals surface area contributed by atoms with E-state index in [9.17, 15) is 0 Å². The fourth-order valence-electron chi connectivity index (χ4n) is 2.54. The maximum absolute atomic E-state index is 6.23. The Hall–Kier alpha value is -1.10. The lowest BCUT2D eigenvalue weighted by molar-refractivity contribution is 0.280. The van der Waals surface area contributed by atoms with Gasteiger partial charge in [0.1, 0.15) is 0 Å². The zero-order chi connectivity index (χ0) is 16.1. The molecule has 6 heteroatoms. The second-order valence-corrected chi connectivity index (χ2v) is 6.22. The second kappa shape index (κ2) is 7.95. The summed E-state index contributed by atoms with van der Waals surface area (Å²) in [6, 6.07) is 6.37. The SMILES string of the molecule is CC(C)n1nccc1-c1ncccc1C(CCl)N(C)CCCl. The average molecular weight is 341 g/mol. The van der Waals surface area contributed by atoms with Crippen LogP contribution in [-0.4, -0.2) is 45.0 Å². The Labute approximate surface area is 142 Å². The van der Waals surface area contributed by atoms with Crippen molar-refractivity contribution in [1.82, 2.24) is 19.7 Å². The van der Waals surface area contributed by atoms with E-state index >= 15 is 0 Å². The summed E-state index contributed by atoms with van der Waals surface area (Å²) in [4.78, 5) is 6.76. The van der Waals surface area contributed by atoms with Gasteiger partial charge in [0, 0.05) is 36.7 Å². The molecule has 120 valence electrons. The van der Waals surface area contributed by atoms with Crippen molar-refractivity contribution in [3.63, 3.8) is 0 Å². The van der Waals surface area contributed by atoms with Gasteiger partial charge in [0.2, 0.25) is 0 Å². The number of pyridine rings is 1. The lowest BCUT2D eigenvalue weighted by atomic mass is 10.0. The molecule has 0 fully saturated rings. The van der Waals surface area contributed by atoms with E-state index in [1.54, 1.807) is 0 Å². The van der Waals surface area contributed by atoms with Gasteiger partial charge in [-0.1, -0.05) is 6.07 Å². The normalized spacial score (nSPS) is 13.0. The van der Waals surface area contributed by atoms with Crippen molar-refractivity contribution in [2.45, 2.75) is 25.9 Å². The Morgan fingerprint density at radius 1 is 1.23 bits per heavy atom. The Bertz CT molecular complexity index is 597. The van der Waals surface area contributed by atoms with E-state index in [2.05, 4.69) is 34.9 Å². The fraction of sp³-hybridized carbons (Fsp3) is 0.500. The van der Waals surface area contributed by atoms with Gasteiger partial charge in [0.25, 0.3) is 0 Å². The summed E-state index contributed by atoms with van der Waals surface area (Å²) in [5.41, 5.74) is 3.05. The van der Waals surface area contributed by atoms with Crippen LogP contribution in [0, 0.1) is 0 Å². The van der Waals surface area contributed by atoms with Crippen LogP contribution in [-0.2, 0) is 0 Å². The van der Waals surface area contributed by atoms with Crippen LogP contribution in [0.2, 0.25) is 0 Å². The van der Waals surface area contributed by atoms with Gasteiger partial charge in [-0.25, -0.2) is 0 Å². The minimum atomic E-state index is 0.0691. The third kappa shape index (κ3) is 3.62. The molecule has 0 radical (unpaired) electrons. The van der Waals surface area contributed by atoms with Crippen LogP contribution in [0.15, 0.2) is 30.6 Å². The molecule has 0 aliphatic heterocycles. The van der Waals surface area contributed by atoms with E-state index in [0.717, 1.165) is 23.5 Å². The van der Waals surface area contributed by atoms with Gasteiger partial charge in [-0.15, -0.1) is 23.2 Å². The van der Waals surface area contributed by atoms with E-state index in [4.69, 9.17) is 23.2 Å². The first-order valence-corrected chi connectivity index (χ1v) is 8.48. The molecule has 0 saturated heterocycles. The van der Waals surface area contributed by atoms with Crippen LogP contribution in [0.1, 0.15) is 31.5 Å². The van der Waals surface area contributed by atoms with E-state index in [1.807, 2.05) is 36.3 Å². The van der Waals surface area contributed by atoms with Crippen LogP contribution in [0.4, 0.5) is 0 Å². The summed E-state index contributed by atoms with van der Waals surface area (Å²) >= 11 is 12.1. The molecule has 0 spiro atoms. The van der Waals surface area contributed by atoms with E-state index in [-0.39, 0.29) is 12.1 Å². The molecule has 1 atom stereocenters. The van der Waals surface area contributed by atoms with Gasteiger partial charge in [0.05, 0.1) is 17.4 Å². The third-order valence-corrected chi connectivity index (χ3v) is 4.18. The van der Waals surface area contributed by atoms with Crippen molar-refractivity contribution in [1.29, 1.82) is 0 Å². The molecule has 2 aromatic rings. The first-order valence-electron chi connectivity index (χ1n) is 7.41. The molecular formula is C16H22Cl2N4. The Kier molecular flexibility index (Phi) is 6.24. The molecule has 0 N–H and O–H groups in total. The zero-order valence-corrected chi connectivity index (χ0v) is 14.7. The van der Waals surface area contributed by atoms with Crippen molar-refractivity contribution in [3.05, 3.63) is 36.2 Å². The number of halogens is 2. The maximum atomic E-state index is 6.23. The maximum Gasteiger partial charge on any atom is 0.0931 e. The van der Waals surface area contributed by atoms with Crippen LogP contribution in [0.25, 0.3) is 11.4 Å². The smallest absolute Gasteiger partial charge is 0.0931 e. The Morgan fingerprint density at radius 2 is 2.00 bits per heavy atom. The highest BCUT2D eigenvalue weighted by atomic mass is 35.5. The van der Waals surface area contributed by atoms with Crippen molar-refractivity contribution < 1.29 is 0 Å².